The Hall–Kier alpha value is -0.300. The van der Waals surface area contributed by atoms with Crippen LogP contribution in [-0.2, 0) is 11.4 Å². The molecule has 0 saturated heterocycles. The number of pyridine rings is 1. The molecule has 4 nitrogen and oxygen atoms in total. The maximum absolute atomic E-state index is 12.3. The number of halogens is 1. The first-order valence-corrected chi connectivity index (χ1v) is 8.49. The highest BCUT2D eigenvalue weighted by Crippen LogP contribution is 2.31. The molecular weight excluding hydrogens is 340 g/mol. The lowest BCUT2D eigenvalue weighted by atomic mass is 9.99. The van der Waals surface area contributed by atoms with Gasteiger partial charge in [-0.05, 0) is 48.7 Å². The van der Waals surface area contributed by atoms with Gasteiger partial charge in [0.2, 0.25) is 5.88 Å². The highest BCUT2D eigenvalue weighted by molar-refractivity contribution is 9.10. The molecule has 0 aliphatic rings. The Kier molecular flexibility index (Phi) is 6.31. The predicted molar refractivity (Wildman–Crippen MR) is 87.1 cm³/mol. The van der Waals surface area contributed by atoms with Crippen molar-refractivity contribution in [2.24, 2.45) is 5.92 Å². The van der Waals surface area contributed by atoms with Crippen LogP contribution in [0.1, 0.15) is 46.2 Å². The van der Waals surface area contributed by atoms with Gasteiger partial charge in [-0.2, -0.15) is 0 Å². The molecule has 1 unspecified atom stereocenters. The summed E-state index contributed by atoms with van der Waals surface area (Å²) in [6.45, 7) is 10.0. The molecule has 1 aromatic rings. The largest absolute Gasteiger partial charge is 0.598 e. The summed E-state index contributed by atoms with van der Waals surface area (Å²) in [6, 6.07) is 3.73. The van der Waals surface area contributed by atoms with Gasteiger partial charge in [-0.1, -0.05) is 13.8 Å². The van der Waals surface area contributed by atoms with Gasteiger partial charge in [0.05, 0.1) is 13.2 Å². The molecule has 6 heteroatoms. The lowest BCUT2D eigenvalue weighted by molar-refractivity contribution is 0.394. The topological polar surface area (TPSA) is 57.2 Å². The summed E-state index contributed by atoms with van der Waals surface area (Å²) in [5.74, 6) is 0.841. The van der Waals surface area contributed by atoms with E-state index in [1.165, 1.54) is 0 Å². The van der Waals surface area contributed by atoms with Crippen LogP contribution in [0.15, 0.2) is 16.7 Å². The Bertz CT molecular complexity index is 449. The van der Waals surface area contributed by atoms with Crippen LogP contribution in [0, 0.1) is 5.92 Å². The molecule has 0 aliphatic carbocycles. The fourth-order valence-corrected chi connectivity index (χ4v) is 3.16. The van der Waals surface area contributed by atoms with Gasteiger partial charge in [-0.3, -0.25) is 0 Å². The summed E-state index contributed by atoms with van der Waals surface area (Å²) in [7, 11) is 1.58. The van der Waals surface area contributed by atoms with Crippen molar-refractivity contribution < 1.29 is 9.29 Å². The first-order valence-electron chi connectivity index (χ1n) is 6.55. The zero-order chi connectivity index (χ0) is 15.5. The first kappa shape index (κ1) is 17.8. The molecule has 0 saturated carbocycles. The minimum Gasteiger partial charge on any atom is -0.598 e. The van der Waals surface area contributed by atoms with E-state index in [-0.39, 0.29) is 16.7 Å². The zero-order valence-electron chi connectivity index (χ0n) is 12.9. The van der Waals surface area contributed by atoms with Crippen molar-refractivity contribution in [2.75, 3.05) is 7.11 Å². The van der Waals surface area contributed by atoms with Gasteiger partial charge >= 0.3 is 0 Å². The van der Waals surface area contributed by atoms with Crippen molar-refractivity contribution in [3.63, 3.8) is 0 Å². The number of nitrogens with zero attached hydrogens (tertiary/aromatic N) is 1. The zero-order valence-corrected chi connectivity index (χ0v) is 15.3. The maximum atomic E-state index is 12.3. The van der Waals surface area contributed by atoms with E-state index < -0.39 is 11.4 Å². The second kappa shape index (κ2) is 7.11. The molecular formula is C14H23BrN2O2S. The lowest BCUT2D eigenvalue weighted by Crippen LogP contribution is -2.42. The number of aromatic nitrogens is 1. The molecule has 1 aromatic heterocycles. The van der Waals surface area contributed by atoms with E-state index in [0.29, 0.717) is 10.5 Å². The molecule has 0 aromatic carbocycles. The van der Waals surface area contributed by atoms with E-state index in [2.05, 4.69) is 39.5 Å². The minimum absolute atomic E-state index is 0.0390. The third-order valence-electron chi connectivity index (χ3n) is 2.85. The average Bonchev–Trinajstić information content (AvgIpc) is 2.34. The fourth-order valence-electron chi connectivity index (χ4n) is 1.62. The van der Waals surface area contributed by atoms with Crippen LogP contribution in [0.3, 0.4) is 0 Å². The number of hydrogen-bond acceptors (Lipinski definition) is 4. The van der Waals surface area contributed by atoms with Crippen molar-refractivity contribution in [2.45, 2.75) is 45.4 Å². The maximum Gasteiger partial charge on any atom is 0.214 e. The molecule has 0 spiro atoms. The SMILES string of the molecule is COc1ccc(C(N[S@+]([O-])C(C)(C)C)C(C)C)c(Br)n1. The van der Waals surface area contributed by atoms with Crippen LogP contribution in [0.4, 0.5) is 0 Å². The van der Waals surface area contributed by atoms with Crippen LogP contribution in [-0.4, -0.2) is 21.4 Å². The highest BCUT2D eigenvalue weighted by atomic mass is 79.9. The number of methoxy groups -OCH3 is 1. The molecule has 0 fully saturated rings. The van der Waals surface area contributed by atoms with Crippen LogP contribution >= 0.6 is 15.9 Å². The molecule has 1 heterocycles. The van der Waals surface area contributed by atoms with E-state index in [1.807, 2.05) is 32.9 Å². The molecule has 0 radical (unpaired) electrons. The molecule has 2 atom stereocenters. The van der Waals surface area contributed by atoms with E-state index in [9.17, 15) is 4.55 Å². The third kappa shape index (κ3) is 4.62. The molecule has 0 bridgehead atoms. The van der Waals surface area contributed by atoms with Crippen LogP contribution in [0.25, 0.3) is 0 Å². The van der Waals surface area contributed by atoms with Gasteiger partial charge < -0.3 is 9.29 Å². The Morgan fingerprint density at radius 2 is 1.95 bits per heavy atom. The van der Waals surface area contributed by atoms with E-state index in [0.717, 1.165) is 5.56 Å². The smallest absolute Gasteiger partial charge is 0.214 e. The summed E-state index contributed by atoms with van der Waals surface area (Å²) in [6.07, 6.45) is 0. The third-order valence-corrected chi connectivity index (χ3v) is 5.07. The minimum atomic E-state index is -1.13. The van der Waals surface area contributed by atoms with Crippen LogP contribution < -0.4 is 9.46 Å². The molecule has 0 amide bonds. The van der Waals surface area contributed by atoms with Gasteiger partial charge in [-0.25, -0.2) is 4.98 Å². The van der Waals surface area contributed by atoms with Crippen molar-refractivity contribution in [3.8, 4) is 5.88 Å². The summed E-state index contributed by atoms with van der Waals surface area (Å²) in [4.78, 5) is 4.32. The molecule has 20 heavy (non-hydrogen) atoms. The molecule has 1 N–H and O–H groups in total. The Morgan fingerprint density at radius 3 is 2.35 bits per heavy atom. The monoisotopic (exact) mass is 362 g/mol. The molecule has 0 aliphatic heterocycles. The normalized spacial score (nSPS) is 15.2. The van der Waals surface area contributed by atoms with Gasteiger partial charge in [-0.15, -0.1) is 4.72 Å². The van der Waals surface area contributed by atoms with Crippen molar-refractivity contribution in [1.29, 1.82) is 0 Å². The Labute approximate surface area is 133 Å². The number of nitrogens with one attached hydrogen (secondary N) is 1. The number of ether oxygens (including phenoxy) is 1. The van der Waals surface area contributed by atoms with Crippen LogP contribution in [0.5, 0.6) is 5.88 Å². The van der Waals surface area contributed by atoms with Crippen molar-refractivity contribution in [3.05, 3.63) is 22.3 Å². The van der Waals surface area contributed by atoms with E-state index in [4.69, 9.17) is 4.74 Å². The number of rotatable bonds is 5. The van der Waals surface area contributed by atoms with Gasteiger partial charge in [0.1, 0.15) is 9.35 Å². The lowest BCUT2D eigenvalue weighted by Gasteiger charge is -2.30. The second-order valence-electron chi connectivity index (χ2n) is 5.95. The fraction of sp³-hybridized carbons (Fsp3) is 0.643. The van der Waals surface area contributed by atoms with Crippen molar-refractivity contribution in [1.82, 2.24) is 9.71 Å². The molecule has 1 rings (SSSR count). The predicted octanol–water partition coefficient (Wildman–Crippen LogP) is 3.60. The Morgan fingerprint density at radius 1 is 1.35 bits per heavy atom. The summed E-state index contributed by atoms with van der Waals surface area (Å²) < 4.78 is 21.1. The van der Waals surface area contributed by atoms with Crippen molar-refractivity contribution >= 4 is 27.3 Å². The molecule has 114 valence electrons. The summed E-state index contributed by atoms with van der Waals surface area (Å²) >= 11 is 2.33. The van der Waals surface area contributed by atoms with E-state index in [1.54, 1.807) is 7.11 Å². The quantitative estimate of drug-likeness (QED) is 0.642. The highest BCUT2D eigenvalue weighted by Gasteiger charge is 2.32. The van der Waals surface area contributed by atoms with Gasteiger partial charge in [0.15, 0.2) is 0 Å². The first-order chi connectivity index (χ1) is 9.16. The van der Waals surface area contributed by atoms with Crippen LogP contribution in [0.2, 0.25) is 0 Å². The summed E-state index contributed by atoms with van der Waals surface area (Å²) in [5, 5.41) is 0. The second-order valence-corrected chi connectivity index (χ2v) is 8.70. The number of hydrogen-bond donors (Lipinski definition) is 1. The van der Waals surface area contributed by atoms with Gasteiger partial charge in [0.25, 0.3) is 0 Å². The Balaban J connectivity index is 3.03. The van der Waals surface area contributed by atoms with Gasteiger partial charge in [0, 0.05) is 23.0 Å². The standard InChI is InChI=1S/C14H23BrN2O2S/c1-9(2)12(17-20(18)14(3,4)5)10-7-8-11(19-6)16-13(10)15/h7-9,12,17H,1-6H3/t12?,20-/m1/s1. The summed E-state index contributed by atoms with van der Waals surface area (Å²) in [5.41, 5.74) is 0.985. The average molecular weight is 363 g/mol. The van der Waals surface area contributed by atoms with E-state index >= 15 is 0 Å².